The van der Waals surface area contributed by atoms with Crippen LogP contribution in [0.3, 0.4) is 0 Å². The number of aryl methyl sites for hydroxylation is 1. The molecule has 3 heterocycles. The number of rotatable bonds is 6. The Labute approximate surface area is 183 Å². The Balaban J connectivity index is 1.67. The van der Waals surface area contributed by atoms with E-state index < -0.39 is 0 Å². The predicted octanol–water partition coefficient (Wildman–Crippen LogP) is 3.62. The topological polar surface area (TPSA) is 69.4 Å². The molecule has 0 unspecified atom stereocenters. The summed E-state index contributed by atoms with van der Waals surface area (Å²) in [6, 6.07) is 0. The third-order valence-electron chi connectivity index (χ3n) is 5.70. The Hall–Kier alpha value is -3.44. The molecule has 5 nitrogen and oxygen atoms in total. The van der Waals surface area contributed by atoms with Crippen molar-refractivity contribution in [2.75, 3.05) is 13.1 Å². The van der Waals surface area contributed by atoms with Gasteiger partial charge in [0, 0.05) is 23.0 Å². The van der Waals surface area contributed by atoms with E-state index in [1.54, 1.807) is 6.08 Å². The second-order valence-corrected chi connectivity index (χ2v) is 7.84. The summed E-state index contributed by atoms with van der Waals surface area (Å²) < 4.78 is 0. The number of H-pyrrole nitrogens is 2. The molecule has 1 aliphatic heterocycles. The highest BCUT2D eigenvalue weighted by molar-refractivity contribution is 5.83. The van der Waals surface area contributed by atoms with Crippen LogP contribution in [0.5, 0.6) is 0 Å². The Bertz CT molecular complexity index is 1260. The van der Waals surface area contributed by atoms with Gasteiger partial charge in [-0.2, -0.15) is 5.10 Å². The van der Waals surface area contributed by atoms with Crippen LogP contribution in [0.2, 0.25) is 0 Å². The van der Waals surface area contributed by atoms with Gasteiger partial charge in [0.1, 0.15) is 5.69 Å². The van der Waals surface area contributed by atoms with Crippen LogP contribution in [0.1, 0.15) is 31.2 Å². The first-order chi connectivity index (χ1) is 15.1. The standard InChI is InChI=1S/C26H29N5/c1-5-8-22(21-9-6-7-10-21)25-19(4)28-26(29-25)24-18(3)23(30-31-24)12-11-17(2)20-13-15-27-16-14-20/h5-6,8-13,27,30H,1,3,7,14-16H2,2,4H3,(H,28,29)/b17-11+,22-8-,23-12+. The molecule has 0 saturated heterocycles. The number of aromatic nitrogens is 4. The maximum absolute atomic E-state index is 4.87. The van der Waals surface area contributed by atoms with Crippen LogP contribution >= 0.6 is 0 Å². The van der Waals surface area contributed by atoms with Gasteiger partial charge in [0.25, 0.3) is 0 Å². The largest absolute Gasteiger partial charge is 0.340 e. The third-order valence-corrected chi connectivity index (χ3v) is 5.70. The number of hydrogen-bond donors (Lipinski definition) is 3. The highest BCUT2D eigenvalue weighted by Gasteiger charge is 2.17. The fraction of sp³-hybridized carbons (Fsp3) is 0.231. The lowest BCUT2D eigenvalue weighted by Crippen LogP contribution is -2.22. The number of nitrogens with one attached hydrogen (secondary N) is 3. The molecule has 0 saturated carbocycles. The summed E-state index contributed by atoms with van der Waals surface area (Å²) in [5.41, 5.74) is 7.53. The number of allylic oxidation sites excluding steroid dienone is 9. The number of aromatic amines is 2. The smallest absolute Gasteiger partial charge is 0.159 e. The predicted molar refractivity (Wildman–Crippen MR) is 129 cm³/mol. The zero-order chi connectivity index (χ0) is 21.8. The summed E-state index contributed by atoms with van der Waals surface area (Å²) in [5.74, 6) is 0.715. The monoisotopic (exact) mass is 411 g/mol. The van der Waals surface area contributed by atoms with Gasteiger partial charge in [-0.15, -0.1) is 0 Å². The maximum Gasteiger partial charge on any atom is 0.159 e. The summed E-state index contributed by atoms with van der Waals surface area (Å²) in [4.78, 5) is 8.26. The molecule has 1 aliphatic carbocycles. The van der Waals surface area contributed by atoms with E-state index in [9.17, 15) is 0 Å². The number of hydrogen-bond acceptors (Lipinski definition) is 3. The van der Waals surface area contributed by atoms with Gasteiger partial charge < -0.3 is 10.3 Å². The minimum atomic E-state index is 0.715. The summed E-state index contributed by atoms with van der Waals surface area (Å²) in [6.07, 6.45) is 18.7. The van der Waals surface area contributed by atoms with Gasteiger partial charge in [-0.1, -0.05) is 55.7 Å². The van der Waals surface area contributed by atoms with E-state index in [-0.39, 0.29) is 0 Å². The Kier molecular flexibility index (Phi) is 6.14. The molecule has 0 atom stereocenters. The maximum atomic E-state index is 4.87. The molecule has 4 rings (SSSR count). The van der Waals surface area contributed by atoms with E-state index >= 15 is 0 Å². The Morgan fingerprint density at radius 3 is 2.81 bits per heavy atom. The third kappa shape index (κ3) is 4.37. The minimum Gasteiger partial charge on any atom is -0.340 e. The van der Waals surface area contributed by atoms with Gasteiger partial charge in [0.2, 0.25) is 0 Å². The number of imidazole rings is 1. The van der Waals surface area contributed by atoms with Crippen LogP contribution in [-0.4, -0.2) is 33.3 Å². The Morgan fingerprint density at radius 2 is 2.10 bits per heavy atom. The quantitative estimate of drug-likeness (QED) is 0.636. The van der Waals surface area contributed by atoms with Crippen LogP contribution in [0.4, 0.5) is 0 Å². The zero-order valence-electron chi connectivity index (χ0n) is 18.3. The first kappa shape index (κ1) is 20.8. The molecule has 5 heteroatoms. The molecule has 0 radical (unpaired) electrons. The van der Waals surface area contributed by atoms with Crippen LogP contribution in [0, 0.1) is 6.92 Å². The number of nitrogens with zero attached hydrogens (tertiary/aromatic N) is 2. The summed E-state index contributed by atoms with van der Waals surface area (Å²) in [6.45, 7) is 14.3. The molecule has 2 aromatic heterocycles. The molecule has 158 valence electrons. The first-order valence-electron chi connectivity index (χ1n) is 10.7. The van der Waals surface area contributed by atoms with Crippen molar-refractivity contribution in [3.05, 3.63) is 87.8 Å². The van der Waals surface area contributed by atoms with Crippen molar-refractivity contribution in [1.82, 2.24) is 25.5 Å². The van der Waals surface area contributed by atoms with E-state index in [1.165, 1.54) is 16.7 Å². The second-order valence-electron chi connectivity index (χ2n) is 7.84. The lowest BCUT2D eigenvalue weighted by atomic mass is 10.0. The van der Waals surface area contributed by atoms with Crippen molar-refractivity contribution in [3.8, 4) is 11.5 Å². The van der Waals surface area contributed by atoms with Crippen molar-refractivity contribution < 1.29 is 0 Å². The van der Waals surface area contributed by atoms with E-state index in [4.69, 9.17) is 4.98 Å². The fourth-order valence-electron chi connectivity index (χ4n) is 3.93. The normalized spacial score (nSPS) is 17.8. The second kappa shape index (κ2) is 9.14. The molecule has 0 aromatic carbocycles. The summed E-state index contributed by atoms with van der Waals surface area (Å²) >= 11 is 0. The molecule has 0 amide bonds. The van der Waals surface area contributed by atoms with Crippen molar-refractivity contribution in [1.29, 1.82) is 0 Å². The molecular weight excluding hydrogens is 382 g/mol. The molecule has 0 bridgehead atoms. The van der Waals surface area contributed by atoms with E-state index in [2.05, 4.69) is 71.0 Å². The lowest BCUT2D eigenvalue weighted by Gasteiger charge is -2.13. The zero-order valence-corrected chi connectivity index (χ0v) is 18.3. The van der Waals surface area contributed by atoms with E-state index in [1.807, 2.05) is 19.1 Å². The van der Waals surface area contributed by atoms with Crippen LogP contribution in [0.25, 0.3) is 29.7 Å². The fourth-order valence-corrected chi connectivity index (χ4v) is 3.93. The van der Waals surface area contributed by atoms with Crippen LogP contribution in [-0.2, 0) is 0 Å². The highest BCUT2D eigenvalue weighted by Crippen LogP contribution is 2.29. The molecule has 0 spiro atoms. The van der Waals surface area contributed by atoms with Gasteiger partial charge in [-0.05, 0) is 56.0 Å². The van der Waals surface area contributed by atoms with Crippen molar-refractivity contribution in [2.45, 2.75) is 26.7 Å². The van der Waals surface area contributed by atoms with Gasteiger partial charge in [-0.25, -0.2) is 4.98 Å². The van der Waals surface area contributed by atoms with Gasteiger partial charge in [-0.3, -0.25) is 5.10 Å². The molecular formula is C26H29N5. The molecule has 2 aliphatic rings. The summed E-state index contributed by atoms with van der Waals surface area (Å²) in [5, 5.41) is 12.7. The average molecular weight is 412 g/mol. The van der Waals surface area contributed by atoms with Crippen LogP contribution in [0.15, 0.2) is 65.8 Å². The van der Waals surface area contributed by atoms with E-state index in [0.29, 0.717) is 5.82 Å². The van der Waals surface area contributed by atoms with Crippen LogP contribution < -0.4 is 15.9 Å². The average Bonchev–Trinajstić information content (AvgIpc) is 3.52. The molecule has 2 aromatic rings. The van der Waals surface area contributed by atoms with Gasteiger partial charge >= 0.3 is 0 Å². The van der Waals surface area contributed by atoms with Crippen molar-refractivity contribution in [2.24, 2.45) is 0 Å². The first-order valence-corrected chi connectivity index (χ1v) is 10.7. The van der Waals surface area contributed by atoms with Crippen molar-refractivity contribution >= 4 is 18.2 Å². The molecule has 0 fully saturated rings. The Morgan fingerprint density at radius 1 is 1.23 bits per heavy atom. The highest BCUT2D eigenvalue weighted by atomic mass is 15.1. The molecule has 31 heavy (non-hydrogen) atoms. The van der Waals surface area contributed by atoms with Crippen molar-refractivity contribution in [3.63, 3.8) is 0 Å². The van der Waals surface area contributed by atoms with Gasteiger partial charge in [0.15, 0.2) is 5.82 Å². The molecule has 3 N–H and O–H groups in total. The minimum absolute atomic E-state index is 0.715. The SMILES string of the molecule is C=C/C=C(/C1=CCC=C1)c1nc(-c2n[nH]/c(=C/C=C(\C)C3=CCNCC3)c2=C)[nH]c1C. The van der Waals surface area contributed by atoms with Gasteiger partial charge in [0.05, 0.1) is 11.0 Å². The van der Waals surface area contributed by atoms with E-state index in [0.717, 1.165) is 59.2 Å². The lowest BCUT2D eigenvalue weighted by molar-refractivity contribution is 0.707. The summed E-state index contributed by atoms with van der Waals surface area (Å²) in [7, 11) is 0.